The first-order valence-electron chi connectivity index (χ1n) is 7.05. The van der Waals surface area contributed by atoms with Crippen molar-refractivity contribution in [2.45, 2.75) is 38.5 Å². The zero-order valence-electron chi connectivity index (χ0n) is 13.8. The Morgan fingerprint density at radius 1 is 1.33 bits per heavy atom. The number of aliphatic hydroxyl groups excluding tert-OH is 1. The Kier molecular flexibility index (Phi) is 6.24. The molecule has 0 heterocycles. The molecule has 132 valence electrons. The summed E-state index contributed by atoms with van der Waals surface area (Å²) in [7, 11) is 1.07. The second kappa shape index (κ2) is 7.73. The van der Waals surface area contributed by atoms with Crippen LogP contribution in [0.3, 0.4) is 0 Å². The third-order valence-electron chi connectivity index (χ3n) is 2.87. The van der Waals surface area contributed by atoms with Crippen LogP contribution in [0, 0.1) is 10.1 Å². The van der Waals surface area contributed by atoms with Crippen molar-refractivity contribution in [3.05, 3.63) is 39.9 Å². The van der Waals surface area contributed by atoms with Gasteiger partial charge in [-0.3, -0.25) is 10.1 Å². The Bertz CT molecular complexity index is 624. The molecule has 2 N–H and O–H groups in total. The van der Waals surface area contributed by atoms with Crippen LogP contribution in [0.1, 0.15) is 32.4 Å². The van der Waals surface area contributed by atoms with Crippen molar-refractivity contribution >= 4 is 17.7 Å². The van der Waals surface area contributed by atoms with E-state index in [1.54, 1.807) is 20.8 Å². The van der Waals surface area contributed by atoms with Crippen molar-refractivity contribution in [3.8, 4) is 0 Å². The highest BCUT2D eigenvalue weighted by atomic mass is 16.6. The Morgan fingerprint density at radius 2 is 1.96 bits per heavy atom. The lowest BCUT2D eigenvalue weighted by atomic mass is 10.0. The fraction of sp³-hybridized carbons (Fsp3) is 0.467. The third kappa shape index (κ3) is 5.51. The molecule has 9 nitrogen and oxygen atoms in total. The summed E-state index contributed by atoms with van der Waals surface area (Å²) in [5.74, 6) is -0.998. The van der Waals surface area contributed by atoms with Crippen molar-refractivity contribution in [1.29, 1.82) is 0 Å². The molecule has 1 rings (SSSR count). The number of non-ortho nitro benzene ring substituents is 1. The Labute approximate surface area is 138 Å². The molecule has 0 aliphatic rings. The van der Waals surface area contributed by atoms with Gasteiger partial charge in [-0.2, -0.15) is 0 Å². The summed E-state index contributed by atoms with van der Waals surface area (Å²) >= 11 is 0. The summed E-state index contributed by atoms with van der Waals surface area (Å²) < 4.78 is 9.54. The van der Waals surface area contributed by atoms with E-state index in [1.807, 2.05) is 0 Å². The average molecular weight is 340 g/mol. The highest BCUT2D eigenvalue weighted by Gasteiger charge is 2.32. The van der Waals surface area contributed by atoms with Crippen LogP contribution in [0.25, 0.3) is 0 Å². The number of aliphatic hydroxyl groups is 1. The van der Waals surface area contributed by atoms with Gasteiger partial charge in [-0.15, -0.1) is 0 Å². The van der Waals surface area contributed by atoms with Gasteiger partial charge in [0.2, 0.25) is 0 Å². The van der Waals surface area contributed by atoms with Gasteiger partial charge >= 0.3 is 12.1 Å². The molecule has 0 aromatic heterocycles. The van der Waals surface area contributed by atoms with E-state index in [0.717, 1.165) is 13.2 Å². The van der Waals surface area contributed by atoms with Gasteiger partial charge in [0, 0.05) is 12.1 Å². The number of methoxy groups -OCH3 is 1. The molecule has 1 aromatic rings. The van der Waals surface area contributed by atoms with Crippen molar-refractivity contribution in [1.82, 2.24) is 5.32 Å². The SMILES string of the molecule is COC(=O)C(O)C(NC(=O)OC(C)(C)C)c1cccc([N+](=O)[O-])c1. The number of benzene rings is 1. The topological polar surface area (TPSA) is 128 Å². The van der Waals surface area contributed by atoms with Crippen LogP contribution in [0.15, 0.2) is 24.3 Å². The summed E-state index contributed by atoms with van der Waals surface area (Å²) in [4.78, 5) is 33.8. The predicted octanol–water partition coefficient (Wildman–Crippen LogP) is 1.69. The Balaban J connectivity index is 3.14. The first-order chi connectivity index (χ1) is 11.0. The summed E-state index contributed by atoms with van der Waals surface area (Å²) in [6.45, 7) is 4.93. The van der Waals surface area contributed by atoms with Gasteiger partial charge in [0.25, 0.3) is 5.69 Å². The molecular formula is C15H20N2O7. The maximum atomic E-state index is 11.9. The number of esters is 1. The van der Waals surface area contributed by atoms with E-state index < -0.39 is 34.7 Å². The molecule has 9 heteroatoms. The molecule has 0 bridgehead atoms. The quantitative estimate of drug-likeness (QED) is 0.474. The van der Waals surface area contributed by atoms with Crippen LogP contribution in [-0.2, 0) is 14.3 Å². The number of carbonyl (C=O) groups excluding carboxylic acids is 2. The van der Waals surface area contributed by atoms with E-state index in [0.29, 0.717) is 0 Å². The summed E-state index contributed by atoms with van der Waals surface area (Å²) in [6.07, 6.45) is -2.65. The summed E-state index contributed by atoms with van der Waals surface area (Å²) in [5, 5.41) is 23.3. The average Bonchev–Trinajstić information content (AvgIpc) is 2.49. The maximum absolute atomic E-state index is 11.9. The normalized spacial score (nSPS) is 13.5. The number of carbonyl (C=O) groups is 2. The highest BCUT2D eigenvalue weighted by Crippen LogP contribution is 2.23. The van der Waals surface area contributed by atoms with E-state index >= 15 is 0 Å². The standard InChI is InChI=1S/C15H20N2O7/c1-15(2,3)24-14(20)16-11(12(18)13(19)23-4)9-6-5-7-10(8-9)17(21)22/h5-8,11-12,18H,1-4H3,(H,16,20). The molecule has 0 saturated heterocycles. The molecule has 0 aliphatic carbocycles. The van der Waals surface area contributed by atoms with Crippen molar-refractivity contribution in [2.75, 3.05) is 7.11 Å². The minimum atomic E-state index is -1.76. The zero-order chi connectivity index (χ0) is 18.5. The fourth-order valence-electron chi connectivity index (χ4n) is 1.87. The largest absolute Gasteiger partial charge is 0.467 e. The first-order valence-corrected chi connectivity index (χ1v) is 7.05. The highest BCUT2D eigenvalue weighted by molar-refractivity contribution is 5.77. The Morgan fingerprint density at radius 3 is 2.46 bits per heavy atom. The number of rotatable bonds is 5. The first kappa shape index (κ1) is 19.4. The lowest BCUT2D eigenvalue weighted by Crippen LogP contribution is -2.43. The van der Waals surface area contributed by atoms with Gasteiger partial charge in [-0.25, -0.2) is 9.59 Å². The molecular weight excluding hydrogens is 320 g/mol. The fourth-order valence-corrected chi connectivity index (χ4v) is 1.87. The molecule has 1 amide bonds. The van der Waals surface area contributed by atoms with Crippen LogP contribution in [0.2, 0.25) is 0 Å². The van der Waals surface area contributed by atoms with E-state index in [4.69, 9.17) is 4.74 Å². The van der Waals surface area contributed by atoms with Gasteiger partial charge in [-0.1, -0.05) is 12.1 Å². The molecule has 1 aromatic carbocycles. The van der Waals surface area contributed by atoms with Gasteiger partial charge in [0.05, 0.1) is 18.1 Å². The van der Waals surface area contributed by atoms with Gasteiger partial charge < -0.3 is 19.9 Å². The number of nitro groups is 1. The van der Waals surface area contributed by atoms with E-state index in [9.17, 15) is 24.8 Å². The van der Waals surface area contributed by atoms with Crippen molar-refractivity contribution in [3.63, 3.8) is 0 Å². The van der Waals surface area contributed by atoms with Gasteiger partial charge in [0.1, 0.15) is 5.60 Å². The van der Waals surface area contributed by atoms with Crippen molar-refractivity contribution < 1.29 is 29.1 Å². The van der Waals surface area contributed by atoms with E-state index in [2.05, 4.69) is 10.1 Å². The number of ether oxygens (including phenoxy) is 2. The number of hydrogen-bond donors (Lipinski definition) is 2. The monoisotopic (exact) mass is 340 g/mol. The lowest BCUT2D eigenvalue weighted by Gasteiger charge is -2.25. The molecule has 0 fully saturated rings. The smallest absolute Gasteiger partial charge is 0.408 e. The zero-order valence-corrected chi connectivity index (χ0v) is 13.8. The summed E-state index contributed by atoms with van der Waals surface area (Å²) in [6, 6.07) is 3.93. The maximum Gasteiger partial charge on any atom is 0.408 e. The number of nitrogens with zero attached hydrogens (tertiary/aromatic N) is 1. The third-order valence-corrected chi connectivity index (χ3v) is 2.87. The molecule has 0 saturated carbocycles. The second-order valence-corrected chi connectivity index (χ2v) is 5.94. The van der Waals surface area contributed by atoms with Crippen molar-refractivity contribution in [2.24, 2.45) is 0 Å². The van der Waals surface area contributed by atoms with Gasteiger partial charge in [-0.05, 0) is 26.3 Å². The van der Waals surface area contributed by atoms with Crippen LogP contribution in [0.5, 0.6) is 0 Å². The molecule has 0 radical (unpaired) electrons. The minimum Gasteiger partial charge on any atom is -0.467 e. The number of amides is 1. The van der Waals surface area contributed by atoms with Crippen LogP contribution < -0.4 is 5.32 Å². The summed E-state index contributed by atoms with van der Waals surface area (Å²) in [5.41, 5.74) is -0.887. The molecule has 0 spiro atoms. The van der Waals surface area contributed by atoms with E-state index in [-0.39, 0.29) is 11.3 Å². The minimum absolute atomic E-state index is 0.160. The van der Waals surface area contributed by atoms with Crippen LogP contribution in [0.4, 0.5) is 10.5 Å². The number of nitro benzene ring substituents is 1. The molecule has 2 unspecified atom stereocenters. The van der Waals surface area contributed by atoms with Crippen LogP contribution >= 0.6 is 0 Å². The number of hydrogen-bond acceptors (Lipinski definition) is 7. The molecule has 2 atom stereocenters. The lowest BCUT2D eigenvalue weighted by molar-refractivity contribution is -0.384. The molecule has 24 heavy (non-hydrogen) atoms. The van der Waals surface area contributed by atoms with Gasteiger partial charge in [0.15, 0.2) is 6.10 Å². The number of alkyl carbamates (subject to hydrolysis) is 1. The van der Waals surface area contributed by atoms with E-state index in [1.165, 1.54) is 18.2 Å². The molecule has 0 aliphatic heterocycles. The predicted molar refractivity (Wildman–Crippen MR) is 83.2 cm³/mol. The second-order valence-electron chi connectivity index (χ2n) is 5.94. The Hall–Kier alpha value is -2.68. The number of nitrogens with one attached hydrogen (secondary N) is 1. The van der Waals surface area contributed by atoms with Crippen LogP contribution in [-0.4, -0.2) is 40.9 Å².